The number of rotatable bonds is 5. The molecule has 0 spiro atoms. The second-order valence-electron chi connectivity index (χ2n) is 4.62. The van der Waals surface area contributed by atoms with Gasteiger partial charge in [-0.1, -0.05) is 12.1 Å². The first-order chi connectivity index (χ1) is 9.88. The van der Waals surface area contributed by atoms with Gasteiger partial charge in [0.1, 0.15) is 5.75 Å². The lowest BCUT2D eigenvalue weighted by Gasteiger charge is -2.24. The van der Waals surface area contributed by atoms with Crippen LogP contribution in [0.3, 0.4) is 0 Å². The van der Waals surface area contributed by atoms with Gasteiger partial charge in [0.05, 0.1) is 0 Å². The maximum Gasteiger partial charge on any atom is 0.193 e. The quantitative estimate of drug-likeness (QED) is 0.844. The van der Waals surface area contributed by atoms with Gasteiger partial charge in [0.2, 0.25) is 0 Å². The first-order valence-corrected chi connectivity index (χ1v) is 7.71. The van der Waals surface area contributed by atoms with Crippen LogP contribution in [0.1, 0.15) is 24.8 Å². The molecule has 2 heterocycles. The summed E-state index contributed by atoms with van der Waals surface area (Å²) >= 11 is 1.78. The number of hydrogen-bond acceptors (Lipinski definition) is 6. The number of benzene rings is 1. The Kier molecular flexibility index (Phi) is 4.17. The van der Waals surface area contributed by atoms with Crippen LogP contribution in [0.2, 0.25) is 0 Å². The lowest BCUT2D eigenvalue weighted by atomic mass is 10.3. The van der Waals surface area contributed by atoms with Gasteiger partial charge in [-0.05, 0) is 41.9 Å². The highest BCUT2D eigenvalue weighted by atomic mass is 32.2. The van der Waals surface area contributed by atoms with E-state index in [2.05, 4.69) is 21.6 Å². The lowest BCUT2D eigenvalue weighted by molar-refractivity contribution is 0.202. The summed E-state index contributed by atoms with van der Waals surface area (Å²) in [6.07, 6.45) is 1.86. The SMILES string of the molecule is NCCCCn1nnnc1C1CSc2ccccc2O1. The minimum atomic E-state index is -0.0947. The second-order valence-corrected chi connectivity index (χ2v) is 5.68. The number of para-hydroxylation sites is 1. The Morgan fingerprint density at radius 1 is 1.35 bits per heavy atom. The van der Waals surface area contributed by atoms with E-state index in [9.17, 15) is 0 Å². The lowest BCUT2D eigenvalue weighted by Crippen LogP contribution is -2.20. The molecule has 20 heavy (non-hydrogen) atoms. The zero-order chi connectivity index (χ0) is 13.8. The van der Waals surface area contributed by atoms with E-state index in [1.54, 1.807) is 11.8 Å². The number of nitrogens with zero attached hydrogens (tertiary/aromatic N) is 4. The standard InChI is InChI=1S/C13H17N5OS/c14-7-3-4-8-18-13(15-16-17-18)11-9-20-12-6-2-1-5-10(12)19-11/h1-2,5-6,11H,3-4,7-9,14H2. The zero-order valence-corrected chi connectivity index (χ0v) is 11.9. The second kappa shape index (κ2) is 6.23. The maximum absolute atomic E-state index is 6.01. The van der Waals surface area contributed by atoms with Crippen molar-refractivity contribution in [2.75, 3.05) is 12.3 Å². The first kappa shape index (κ1) is 13.4. The number of unbranched alkanes of at least 4 members (excludes halogenated alkanes) is 1. The molecule has 1 atom stereocenters. The van der Waals surface area contributed by atoms with Crippen molar-refractivity contribution < 1.29 is 4.74 Å². The van der Waals surface area contributed by atoms with Crippen molar-refractivity contribution in [3.8, 4) is 5.75 Å². The van der Waals surface area contributed by atoms with E-state index in [0.29, 0.717) is 6.54 Å². The Morgan fingerprint density at radius 2 is 2.25 bits per heavy atom. The minimum Gasteiger partial charge on any atom is -0.480 e. The van der Waals surface area contributed by atoms with Crippen LogP contribution >= 0.6 is 11.8 Å². The Balaban J connectivity index is 1.73. The van der Waals surface area contributed by atoms with Gasteiger partial charge < -0.3 is 10.5 Å². The van der Waals surface area contributed by atoms with Crippen LogP contribution in [0.25, 0.3) is 0 Å². The van der Waals surface area contributed by atoms with Gasteiger partial charge >= 0.3 is 0 Å². The fourth-order valence-corrected chi connectivity index (χ4v) is 3.14. The van der Waals surface area contributed by atoms with E-state index in [0.717, 1.165) is 36.7 Å². The molecule has 0 aliphatic carbocycles. The van der Waals surface area contributed by atoms with E-state index in [1.165, 1.54) is 4.90 Å². The molecule has 1 aliphatic rings. The summed E-state index contributed by atoms with van der Waals surface area (Å²) in [4.78, 5) is 1.17. The summed E-state index contributed by atoms with van der Waals surface area (Å²) in [6.45, 7) is 1.48. The third-order valence-electron chi connectivity index (χ3n) is 3.18. The van der Waals surface area contributed by atoms with Crippen LogP contribution in [0.15, 0.2) is 29.2 Å². The van der Waals surface area contributed by atoms with Crippen molar-refractivity contribution >= 4 is 11.8 Å². The molecule has 0 bridgehead atoms. The number of ether oxygens (including phenoxy) is 1. The fraction of sp³-hybridized carbons (Fsp3) is 0.462. The van der Waals surface area contributed by atoms with Gasteiger partial charge in [-0.25, -0.2) is 4.68 Å². The van der Waals surface area contributed by atoms with E-state index in [4.69, 9.17) is 10.5 Å². The highest BCUT2D eigenvalue weighted by molar-refractivity contribution is 7.99. The highest BCUT2D eigenvalue weighted by Gasteiger charge is 2.26. The van der Waals surface area contributed by atoms with Crippen LogP contribution in [-0.2, 0) is 6.54 Å². The van der Waals surface area contributed by atoms with Gasteiger partial charge in [0.25, 0.3) is 0 Å². The van der Waals surface area contributed by atoms with Gasteiger partial charge in [-0.15, -0.1) is 16.9 Å². The van der Waals surface area contributed by atoms with Crippen molar-refractivity contribution in [1.82, 2.24) is 20.2 Å². The molecule has 3 rings (SSSR count). The van der Waals surface area contributed by atoms with Crippen molar-refractivity contribution in [3.05, 3.63) is 30.1 Å². The topological polar surface area (TPSA) is 78.9 Å². The number of aryl methyl sites for hydroxylation is 1. The molecule has 1 aromatic heterocycles. The molecule has 2 aromatic rings. The molecule has 1 unspecified atom stereocenters. The minimum absolute atomic E-state index is 0.0947. The first-order valence-electron chi connectivity index (χ1n) is 6.73. The summed E-state index contributed by atoms with van der Waals surface area (Å²) in [5.41, 5.74) is 5.51. The van der Waals surface area contributed by atoms with Gasteiger partial charge in [0.15, 0.2) is 11.9 Å². The highest BCUT2D eigenvalue weighted by Crippen LogP contribution is 2.39. The molecule has 0 radical (unpaired) electrons. The Morgan fingerprint density at radius 3 is 3.15 bits per heavy atom. The van der Waals surface area contributed by atoms with E-state index in [-0.39, 0.29) is 6.10 Å². The van der Waals surface area contributed by atoms with E-state index >= 15 is 0 Å². The van der Waals surface area contributed by atoms with Gasteiger partial charge in [-0.3, -0.25) is 0 Å². The normalized spacial score (nSPS) is 17.6. The molecular weight excluding hydrogens is 274 g/mol. The summed E-state index contributed by atoms with van der Waals surface area (Å²) in [5, 5.41) is 11.9. The monoisotopic (exact) mass is 291 g/mol. The summed E-state index contributed by atoms with van der Waals surface area (Å²) in [6, 6.07) is 8.05. The molecule has 7 heteroatoms. The molecule has 1 aliphatic heterocycles. The zero-order valence-electron chi connectivity index (χ0n) is 11.1. The largest absolute Gasteiger partial charge is 0.480 e. The smallest absolute Gasteiger partial charge is 0.193 e. The van der Waals surface area contributed by atoms with E-state index < -0.39 is 0 Å². The average molecular weight is 291 g/mol. The maximum atomic E-state index is 6.01. The van der Waals surface area contributed by atoms with Crippen molar-refractivity contribution in [1.29, 1.82) is 0 Å². The number of fused-ring (bicyclic) bond motifs is 1. The van der Waals surface area contributed by atoms with E-state index in [1.807, 2.05) is 22.9 Å². The molecular formula is C13H17N5OS. The number of thioether (sulfide) groups is 1. The fourth-order valence-electron chi connectivity index (χ4n) is 2.15. The molecule has 106 valence electrons. The Bertz CT molecular complexity index is 573. The van der Waals surface area contributed by atoms with Crippen LogP contribution in [0, 0.1) is 0 Å². The summed E-state index contributed by atoms with van der Waals surface area (Å²) in [5.74, 6) is 2.53. The van der Waals surface area contributed by atoms with Crippen molar-refractivity contribution in [3.63, 3.8) is 0 Å². The summed E-state index contributed by atoms with van der Waals surface area (Å²) in [7, 11) is 0. The Labute approximate surface area is 121 Å². The van der Waals surface area contributed by atoms with Crippen LogP contribution in [0.5, 0.6) is 5.75 Å². The van der Waals surface area contributed by atoms with Crippen LogP contribution in [-0.4, -0.2) is 32.5 Å². The molecule has 6 nitrogen and oxygen atoms in total. The van der Waals surface area contributed by atoms with Crippen molar-refractivity contribution in [2.24, 2.45) is 5.73 Å². The van der Waals surface area contributed by atoms with Crippen molar-refractivity contribution in [2.45, 2.75) is 30.4 Å². The molecule has 0 amide bonds. The van der Waals surface area contributed by atoms with Crippen LogP contribution in [0.4, 0.5) is 0 Å². The third kappa shape index (κ3) is 2.78. The average Bonchev–Trinajstić information content (AvgIpc) is 2.95. The molecule has 0 saturated heterocycles. The van der Waals surface area contributed by atoms with Gasteiger partial charge in [0, 0.05) is 17.2 Å². The summed E-state index contributed by atoms with van der Waals surface area (Å²) < 4.78 is 7.84. The number of nitrogens with two attached hydrogens (primary N) is 1. The molecule has 2 N–H and O–H groups in total. The predicted molar refractivity (Wildman–Crippen MR) is 76.6 cm³/mol. The third-order valence-corrected chi connectivity index (χ3v) is 4.30. The molecule has 0 fully saturated rings. The number of aromatic nitrogens is 4. The van der Waals surface area contributed by atoms with Crippen LogP contribution < -0.4 is 10.5 Å². The molecule has 0 saturated carbocycles. The van der Waals surface area contributed by atoms with Gasteiger partial charge in [-0.2, -0.15) is 0 Å². The number of tetrazole rings is 1. The number of hydrogen-bond donors (Lipinski definition) is 1. The predicted octanol–water partition coefficient (Wildman–Crippen LogP) is 1.64. The molecule has 1 aromatic carbocycles. The Hall–Kier alpha value is -1.60.